The molecule has 0 fully saturated rings. The highest BCUT2D eigenvalue weighted by molar-refractivity contribution is 5.95. The fourth-order valence-corrected chi connectivity index (χ4v) is 2.09. The summed E-state index contributed by atoms with van der Waals surface area (Å²) in [7, 11) is 0. The normalized spacial score (nSPS) is 11.2. The fourth-order valence-electron chi connectivity index (χ4n) is 2.09. The number of rotatable bonds is 1. The predicted octanol–water partition coefficient (Wildman–Crippen LogP) is 3.75. The van der Waals surface area contributed by atoms with Crippen LogP contribution in [0.4, 0.5) is 8.78 Å². The minimum Gasteiger partial charge on any atom is -0.361 e. The smallest absolute Gasteiger partial charge is 0.168 e. The number of fused-ring (bicyclic) bond motifs is 1. The maximum Gasteiger partial charge on any atom is 0.168 e. The first kappa shape index (κ1) is 10.1. The molecule has 86 valence electrons. The van der Waals surface area contributed by atoms with Crippen molar-refractivity contribution in [3.05, 3.63) is 47.8 Å². The standard InChI is InChI=1S/C13H10F2N2/c1-7-4-5-16-13(7)8-6-17-10-3-2-9(14)12(15)11(8)10/h2-6,16-17H,1H3. The molecule has 0 aliphatic carbocycles. The third-order valence-corrected chi connectivity index (χ3v) is 2.96. The molecule has 4 heteroatoms. The Labute approximate surface area is 96.3 Å². The number of hydrogen-bond donors (Lipinski definition) is 2. The Morgan fingerprint density at radius 2 is 1.88 bits per heavy atom. The van der Waals surface area contributed by atoms with Crippen molar-refractivity contribution in [2.45, 2.75) is 6.92 Å². The monoisotopic (exact) mass is 232 g/mol. The summed E-state index contributed by atoms with van der Waals surface area (Å²) in [5.41, 5.74) is 3.04. The van der Waals surface area contributed by atoms with Crippen molar-refractivity contribution in [2.24, 2.45) is 0 Å². The molecule has 2 heterocycles. The summed E-state index contributed by atoms with van der Waals surface area (Å²) in [6.45, 7) is 1.92. The van der Waals surface area contributed by atoms with Crippen LogP contribution in [0.3, 0.4) is 0 Å². The molecular weight excluding hydrogens is 222 g/mol. The van der Waals surface area contributed by atoms with Gasteiger partial charge in [-0.1, -0.05) is 0 Å². The molecule has 0 aliphatic rings. The first-order chi connectivity index (χ1) is 8.18. The SMILES string of the molecule is Cc1cc[nH]c1-c1c[nH]c2ccc(F)c(F)c12. The molecule has 0 saturated carbocycles. The number of aromatic nitrogens is 2. The number of hydrogen-bond acceptors (Lipinski definition) is 0. The molecular formula is C13H10F2N2. The van der Waals surface area contributed by atoms with Gasteiger partial charge in [-0.25, -0.2) is 8.78 Å². The summed E-state index contributed by atoms with van der Waals surface area (Å²) >= 11 is 0. The number of benzene rings is 1. The van der Waals surface area contributed by atoms with E-state index < -0.39 is 11.6 Å². The van der Waals surface area contributed by atoms with Crippen molar-refractivity contribution in [1.29, 1.82) is 0 Å². The van der Waals surface area contributed by atoms with Crippen LogP contribution in [0.1, 0.15) is 5.56 Å². The van der Waals surface area contributed by atoms with E-state index in [1.165, 1.54) is 6.07 Å². The number of nitrogens with one attached hydrogen (secondary N) is 2. The molecule has 0 atom stereocenters. The van der Waals surface area contributed by atoms with Gasteiger partial charge in [-0.15, -0.1) is 0 Å². The lowest BCUT2D eigenvalue weighted by Crippen LogP contribution is -1.86. The molecule has 3 rings (SSSR count). The molecule has 0 bridgehead atoms. The molecule has 3 aromatic rings. The van der Waals surface area contributed by atoms with Crippen molar-refractivity contribution in [2.75, 3.05) is 0 Å². The first-order valence-corrected chi connectivity index (χ1v) is 5.28. The second kappa shape index (κ2) is 3.45. The summed E-state index contributed by atoms with van der Waals surface area (Å²) in [5.74, 6) is -1.64. The maximum absolute atomic E-state index is 13.8. The Bertz CT molecular complexity index is 695. The van der Waals surface area contributed by atoms with Crippen LogP contribution in [0.2, 0.25) is 0 Å². The highest BCUT2D eigenvalue weighted by atomic mass is 19.2. The zero-order chi connectivity index (χ0) is 12.0. The van der Waals surface area contributed by atoms with Crippen molar-refractivity contribution >= 4 is 10.9 Å². The van der Waals surface area contributed by atoms with Gasteiger partial charge in [0.2, 0.25) is 0 Å². The van der Waals surface area contributed by atoms with Crippen LogP contribution in [-0.4, -0.2) is 9.97 Å². The van der Waals surface area contributed by atoms with E-state index in [0.29, 0.717) is 11.1 Å². The molecule has 1 aromatic carbocycles. The van der Waals surface area contributed by atoms with Gasteiger partial charge in [-0.05, 0) is 30.7 Å². The fraction of sp³-hybridized carbons (Fsp3) is 0.0769. The molecule has 0 spiro atoms. The van der Waals surface area contributed by atoms with Crippen LogP contribution in [0.5, 0.6) is 0 Å². The van der Waals surface area contributed by atoms with Crippen molar-refractivity contribution in [3.63, 3.8) is 0 Å². The Morgan fingerprint density at radius 1 is 1.06 bits per heavy atom. The van der Waals surface area contributed by atoms with E-state index in [4.69, 9.17) is 0 Å². The Balaban J connectivity index is 2.39. The van der Waals surface area contributed by atoms with Crippen molar-refractivity contribution in [3.8, 4) is 11.3 Å². The second-order valence-electron chi connectivity index (χ2n) is 4.02. The van der Waals surface area contributed by atoms with Crippen LogP contribution in [-0.2, 0) is 0 Å². The van der Waals surface area contributed by atoms with Gasteiger partial charge in [0.05, 0.1) is 5.69 Å². The summed E-state index contributed by atoms with van der Waals surface area (Å²) in [4.78, 5) is 5.98. The van der Waals surface area contributed by atoms with E-state index in [1.807, 2.05) is 13.0 Å². The maximum atomic E-state index is 13.8. The van der Waals surface area contributed by atoms with Gasteiger partial charge in [0.25, 0.3) is 0 Å². The minimum atomic E-state index is -0.831. The summed E-state index contributed by atoms with van der Waals surface area (Å²) in [5, 5.41) is 0.288. The molecule has 0 radical (unpaired) electrons. The number of halogens is 2. The molecule has 2 nitrogen and oxygen atoms in total. The van der Waals surface area contributed by atoms with E-state index in [1.54, 1.807) is 12.4 Å². The zero-order valence-corrected chi connectivity index (χ0v) is 9.14. The lowest BCUT2D eigenvalue weighted by atomic mass is 10.1. The average Bonchev–Trinajstić information content (AvgIpc) is 2.89. The van der Waals surface area contributed by atoms with Gasteiger partial charge in [0, 0.05) is 28.9 Å². The average molecular weight is 232 g/mol. The molecule has 0 unspecified atom stereocenters. The molecule has 2 N–H and O–H groups in total. The van der Waals surface area contributed by atoms with Gasteiger partial charge in [-0.3, -0.25) is 0 Å². The van der Waals surface area contributed by atoms with Gasteiger partial charge < -0.3 is 9.97 Å². The van der Waals surface area contributed by atoms with Crippen LogP contribution >= 0.6 is 0 Å². The summed E-state index contributed by atoms with van der Waals surface area (Å²) in [6, 6.07) is 4.56. The van der Waals surface area contributed by atoms with Gasteiger partial charge in [-0.2, -0.15) is 0 Å². The van der Waals surface area contributed by atoms with Crippen molar-refractivity contribution < 1.29 is 8.78 Å². The lowest BCUT2D eigenvalue weighted by molar-refractivity contribution is 0.517. The quantitative estimate of drug-likeness (QED) is 0.640. The predicted molar refractivity (Wildman–Crippen MR) is 62.7 cm³/mol. The van der Waals surface area contributed by atoms with Gasteiger partial charge >= 0.3 is 0 Å². The van der Waals surface area contributed by atoms with E-state index in [9.17, 15) is 8.78 Å². The Morgan fingerprint density at radius 3 is 2.59 bits per heavy atom. The summed E-state index contributed by atoms with van der Waals surface area (Å²) < 4.78 is 27.1. The minimum absolute atomic E-state index is 0.288. The Kier molecular flexibility index (Phi) is 2.04. The highest BCUT2D eigenvalue weighted by Crippen LogP contribution is 2.32. The topological polar surface area (TPSA) is 31.6 Å². The first-order valence-electron chi connectivity index (χ1n) is 5.28. The number of H-pyrrole nitrogens is 2. The van der Waals surface area contributed by atoms with Crippen LogP contribution in [0, 0.1) is 18.6 Å². The van der Waals surface area contributed by atoms with E-state index in [-0.39, 0.29) is 5.39 Å². The van der Waals surface area contributed by atoms with E-state index in [2.05, 4.69) is 9.97 Å². The largest absolute Gasteiger partial charge is 0.361 e. The second-order valence-corrected chi connectivity index (χ2v) is 4.02. The molecule has 0 aliphatic heterocycles. The number of aryl methyl sites for hydroxylation is 1. The van der Waals surface area contributed by atoms with E-state index in [0.717, 1.165) is 17.3 Å². The third-order valence-electron chi connectivity index (χ3n) is 2.96. The number of aromatic amines is 2. The van der Waals surface area contributed by atoms with Gasteiger partial charge in [0.15, 0.2) is 11.6 Å². The Hall–Kier alpha value is -2.10. The molecule has 17 heavy (non-hydrogen) atoms. The van der Waals surface area contributed by atoms with Crippen LogP contribution < -0.4 is 0 Å². The van der Waals surface area contributed by atoms with E-state index >= 15 is 0 Å². The third kappa shape index (κ3) is 1.37. The van der Waals surface area contributed by atoms with Crippen molar-refractivity contribution in [1.82, 2.24) is 9.97 Å². The van der Waals surface area contributed by atoms with Gasteiger partial charge in [0.1, 0.15) is 0 Å². The summed E-state index contributed by atoms with van der Waals surface area (Å²) in [6.07, 6.45) is 3.47. The van der Waals surface area contributed by atoms with Crippen LogP contribution in [0.25, 0.3) is 22.2 Å². The highest BCUT2D eigenvalue weighted by Gasteiger charge is 2.15. The lowest BCUT2D eigenvalue weighted by Gasteiger charge is -2.00. The molecule has 0 amide bonds. The van der Waals surface area contributed by atoms with Crippen LogP contribution in [0.15, 0.2) is 30.6 Å². The zero-order valence-electron chi connectivity index (χ0n) is 9.14. The molecule has 2 aromatic heterocycles. The molecule has 0 saturated heterocycles.